The maximum absolute atomic E-state index is 13.1. The van der Waals surface area contributed by atoms with Crippen LogP contribution in [0, 0.1) is 5.92 Å². The lowest BCUT2D eigenvalue weighted by atomic mass is 9.99. The van der Waals surface area contributed by atoms with E-state index in [0.717, 1.165) is 95.8 Å². The second kappa shape index (κ2) is 70.1. The molecule has 3 N–H and O–H groups in total. The summed E-state index contributed by atoms with van der Waals surface area (Å²) < 4.78 is 68.5. The monoisotopic (exact) mass is 1410 g/mol. The van der Waals surface area contributed by atoms with Crippen molar-refractivity contribution in [3.8, 4) is 0 Å². The first-order valence-corrected chi connectivity index (χ1v) is 43.2. The Balaban J connectivity index is 5.22. The topological polar surface area (TPSA) is 237 Å². The van der Waals surface area contributed by atoms with Gasteiger partial charge in [0.05, 0.1) is 26.4 Å². The third kappa shape index (κ3) is 69.2. The van der Waals surface area contributed by atoms with E-state index in [4.69, 9.17) is 37.0 Å². The first kappa shape index (κ1) is 94.1. The predicted octanol–water partition coefficient (Wildman–Crippen LogP) is 22.9. The number of rotatable bonds is 77. The summed E-state index contributed by atoms with van der Waals surface area (Å²) in [7, 11) is -9.91. The zero-order valence-corrected chi connectivity index (χ0v) is 64.3. The van der Waals surface area contributed by atoms with Crippen LogP contribution in [0.15, 0.2) is 0 Å². The van der Waals surface area contributed by atoms with E-state index in [1.54, 1.807) is 0 Å². The van der Waals surface area contributed by atoms with Crippen LogP contribution in [0.5, 0.6) is 0 Å². The van der Waals surface area contributed by atoms with E-state index >= 15 is 0 Å². The average Bonchev–Trinajstić information content (AvgIpc) is 1.63. The van der Waals surface area contributed by atoms with Crippen molar-refractivity contribution >= 4 is 39.5 Å². The molecule has 0 spiro atoms. The molecule has 0 saturated carbocycles. The standard InChI is InChI=1S/C77H150O17P2/c1-6-10-13-16-19-22-25-26-27-28-29-30-31-32-33-36-43-48-53-58-63-77(82)94-73(67-88-75(80)61-56-51-46-41-38-37-39-44-49-54-59-70(5)9-4)69-92-96(85,86)90-65-71(78)64-89-95(83,84)91-68-72(93-76(81)62-57-52-47-42-35-24-21-18-15-12-8-3)66-87-74(79)60-55-50-45-40-34-23-20-17-14-11-7-2/h70-73,78H,6-69H2,1-5H3,(H,83,84)(H,85,86)/t70?,71-,72+,73+/m0/s1. The van der Waals surface area contributed by atoms with Crippen LogP contribution < -0.4 is 0 Å². The lowest BCUT2D eigenvalue weighted by Crippen LogP contribution is -2.30. The molecule has 0 amide bonds. The molecule has 0 fully saturated rings. The fourth-order valence-electron chi connectivity index (χ4n) is 11.8. The van der Waals surface area contributed by atoms with E-state index in [9.17, 15) is 43.2 Å². The van der Waals surface area contributed by atoms with Gasteiger partial charge in [0.15, 0.2) is 12.2 Å². The van der Waals surface area contributed by atoms with Crippen LogP contribution in [0.2, 0.25) is 0 Å². The van der Waals surface area contributed by atoms with Gasteiger partial charge in [0.2, 0.25) is 0 Å². The molecule has 0 aromatic carbocycles. The number of phosphoric ester groups is 2. The van der Waals surface area contributed by atoms with Crippen LogP contribution in [0.4, 0.5) is 0 Å². The van der Waals surface area contributed by atoms with E-state index in [2.05, 4.69) is 34.6 Å². The molecule has 0 aromatic heterocycles. The van der Waals surface area contributed by atoms with Crippen molar-refractivity contribution in [2.24, 2.45) is 5.92 Å². The second-order valence-electron chi connectivity index (χ2n) is 28.0. The first-order chi connectivity index (χ1) is 46.6. The molecule has 570 valence electrons. The molecule has 0 aromatic rings. The lowest BCUT2D eigenvalue weighted by Gasteiger charge is -2.21. The molecule has 0 bridgehead atoms. The van der Waals surface area contributed by atoms with Crippen molar-refractivity contribution < 1.29 is 80.2 Å². The van der Waals surface area contributed by atoms with Crippen LogP contribution in [-0.2, 0) is 65.4 Å². The molecule has 0 aliphatic carbocycles. The van der Waals surface area contributed by atoms with Crippen LogP contribution in [0.3, 0.4) is 0 Å². The number of esters is 4. The molecular formula is C77H150O17P2. The van der Waals surface area contributed by atoms with Gasteiger partial charge in [-0.3, -0.25) is 37.3 Å². The molecule has 6 atom stereocenters. The van der Waals surface area contributed by atoms with Crippen molar-refractivity contribution in [1.29, 1.82) is 0 Å². The number of aliphatic hydroxyl groups excluding tert-OH is 1. The molecule has 0 aliphatic heterocycles. The average molecular weight is 1410 g/mol. The summed E-state index contributed by atoms with van der Waals surface area (Å²) >= 11 is 0. The fourth-order valence-corrected chi connectivity index (χ4v) is 13.4. The van der Waals surface area contributed by atoms with Crippen molar-refractivity contribution in [3.05, 3.63) is 0 Å². The third-order valence-corrected chi connectivity index (χ3v) is 20.3. The van der Waals surface area contributed by atoms with E-state index in [0.29, 0.717) is 25.7 Å². The number of hydrogen-bond donors (Lipinski definition) is 3. The smallest absolute Gasteiger partial charge is 0.462 e. The predicted molar refractivity (Wildman–Crippen MR) is 391 cm³/mol. The Bertz CT molecular complexity index is 1840. The highest BCUT2D eigenvalue weighted by Gasteiger charge is 2.30. The molecule has 3 unspecified atom stereocenters. The Hall–Kier alpha value is -1.94. The number of aliphatic hydroxyl groups is 1. The number of hydrogen-bond acceptors (Lipinski definition) is 15. The van der Waals surface area contributed by atoms with Crippen LogP contribution in [-0.4, -0.2) is 96.7 Å². The van der Waals surface area contributed by atoms with Crippen LogP contribution in [0.1, 0.15) is 407 Å². The van der Waals surface area contributed by atoms with Crippen molar-refractivity contribution in [3.63, 3.8) is 0 Å². The Morgan fingerprint density at radius 3 is 0.740 bits per heavy atom. The number of ether oxygens (including phenoxy) is 4. The summed E-state index contributed by atoms with van der Waals surface area (Å²) in [5.41, 5.74) is 0. The van der Waals surface area contributed by atoms with Gasteiger partial charge in [-0.15, -0.1) is 0 Å². The third-order valence-electron chi connectivity index (χ3n) is 18.4. The van der Waals surface area contributed by atoms with Crippen LogP contribution >= 0.6 is 15.6 Å². The Morgan fingerprint density at radius 2 is 0.500 bits per heavy atom. The summed E-state index contributed by atoms with van der Waals surface area (Å²) in [6.45, 7) is 7.32. The minimum Gasteiger partial charge on any atom is -0.462 e. The van der Waals surface area contributed by atoms with Gasteiger partial charge in [0.25, 0.3) is 0 Å². The Kier molecular flexibility index (Phi) is 68.7. The molecule has 17 nitrogen and oxygen atoms in total. The molecule has 19 heteroatoms. The summed E-state index contributed by atoms with van der Waals surface area (Å²) in [5.74, 6) is -1.30. The highest BCUT2D eigenvalue weighted by molar-refractivity contribution is 7.47. The van der Waals surface area contributed by atoms with E-state index in [1.807, 2.05) is 0 Å². The Labute approximate surface area is 588 Å². The largest absolute Gasteiger partial charge is 0.472 e. The highest BCUT2D eigenvalue weighted by Crippen LogP contribution is 2.45. The van der Waals surface area contributed by atoms with Gasteiger partial charge in [-0.2, -0.15) is 0 Å². The van der Waals surface area contributed by atoms with Gasteiger partial charge in [0, 0.05) is 25.7 Å². The maximum Gasteiger partial charge on any atom is 0.472 e. The first-order valence-electron chi connectivity index (χ1n) is 40.2. The minimum atomic E-state index is -4.96. The minimum absolute atomic E-state index is 0.107. The number of phosphoric acid groups is 2. The van der Waals surface area contributed by atoms with E-state index < -0.39 is 97.5 Å². The van der Waals surface area contributed by atoms with Gasteiger partial charge < -0.3 is 33.8 Å². The number of carbonyl (C=O) groups is 4. The maximum atomic E-state index is 13.1. The zero-order valence-electron chi connectivity index (χ0n) is 62.5. The van der Waals surface area contributed by atoms with Gasteiger partial charge in [-0.1, -0.05) is 356 Å². The van der Waals surface area contributed by atoms with Gasteiger partial charge in [-0.05, 0) is 31.6 Å². The molecule has 0 radical (unpaired) electrons. The summed E-state index contributed by atoms with van der Waals surface area (Å²) in [6, 6.07) is 0. The summed E-state index contributed by atoms with van der Waals surface area (Å²) in [4.78, 5) is 72.8. The molecule has 0 aliphatic rings. The SMILES string of the molecule is CCCCCCCCCCCCCCCCCCCCCCC(=O)O[C@H](COC(=O)CCCCCCCCCCCCC(C)CC)COP(=O)(O)OC[C@@H](O)COP(=O)(O)OC[C@@H](COC(=O)CCCCCCCCCCCCC)OC(=O)CCCCCCCCCCCCC. The fraction of sp³-hybridized carbons (Fsp3) is 0.948. The van der Waals surface area contributed by atoms with E-state index in [-0.39, 0.29) is 25.7 Å². The molecule has 96 heavy (non-hydrogen) atoms. The van der Waals surface area contributed by atoms with Crippen molar-refractivity contribution in [1.82, 2.24) is 0 Å². The number of unbranched alkanes of at least 4 members (excludes halogenated alkanes) is 48. The lowest BCUT2D eigenvalue weighted by molar-refractivity contribution is -0.161. The Morgan fingerprint density at radius 1 is 0.292 bits per heavy atom. The number of carbonyl (C=O) groups excluding carboxylic acids is 4. The summed E-state index contributed by atoms with van der Waals surface area (Å²) in [5, 5.41) is 10.6. The molecule has 0 heterocycles. The second-order valence-corrected chi connectivity index (χ2v) is 30.9. The van der Waals surface area contributed by atoms with Crippen LogP contribution in [0.25, 0.3) is 0 Å². The van der Waals surface area contributed by atoms with E-state index in [1.165, 1.54) is 231 Å². The van der Waals surface area contributed by atoms with Crippen molar-refractivity contribution in [2.45, 2.75) is 425 Å². The quantitative estimate of drug-likeness (QED) is 0.0222. The van der Waals surface area contributed by atoms with Crippen molar-refractivity contribution in [2.75, 3.05) is 39.6 Å². The van der Waals surface area contributed by atoms with Gasteiger partial charge in [-0.25, -0.2) is 9.13 Å². The highest BCUT2D eigenvalue weighted by atomic mass is 31.2. The molecular weight excluding hydrogens is 1260 g/mol. The zero-order chi connectivity index (χ0) is 70.5. The molecule has 0 rings (SSSR count). The van der Waals surface area contributed by atoms with Gasteiger partial charge in [0.1, 0.15) is 19.3 Å². The molecule has 0 saturated heterocycles. The summed E-state index contributed by atoms with van der Waals surface area (Å²) in [6.07, 6.45) is 59.5. The normalized spacial score (nSPS) is 14.2. The van der Waals surface area contributed by atoms with Gasteiger partial charge >= 0.3 is 39.5 Å².